The maximum absolute atomic E-state index is 13.6. The van der Waals surface area contributed by atoms with Crippen molar-refractivity contribution in [2.75, 3.05) is 63.5 Å². The Morgan fingerprint density at radius 1 is 0.413 bits per heavy atom. The molecule has 0 atom stereocenters. The van der Waals surface area contributed by atoms with Crippen LogP contribution in [0.5, 0.6) is 46.0 Å². The molecule has 15 aromatic rings. The number of benzene rings is 7. The van der Waals surface area contributed by atoms with E-state index in [2.05, 4.69) is 99.1 Å². The van der Waals surface area contributed by atoms with E-state index in [1.54, 1.807) is 161 Å². The third-order valence-corrected chi connectivity index (χ3v) is 22.3. The summed E-state index contributed by atoms with van der Waals surface area (Å²) in [5, 5.41) is 3.54. The number of nitrogens with zero attached hydrogens (tertiary/aromatic N) is 6. The number of aromatic nitrogens is 8. The molecule has 0 amide bonds. The van der Waals surface area contributed by atoms with Crippen molar-refractivity contribution in [3.8, 4) is 102 Å². The number of halogens is 2. The molecule has 7 aromatic carbocycles. The van der Waals surface area contributed by atoms with Gasteiger partial charge in [0.05, 0.1) is 84.4 Å². The standard InChI is InChI=1S/C32H26N2O6S.C21H17IN2O4S.C15H13IN2O2.C15H14N2O2/c1-4-40-32(35)23-13-10-22(11-14-23)12-15-25-21-34(41(36,37)27-8-6-5-7-9-27)31-28(25)18-26(20-33-31)24-16-17-29(38-2)30(19-24)39-3;1-27-19-9-8-14(11-20(19)28-2)15-10-17-18(22)13-24(21(17)23-12-15)29(25,26)16-6-4-3-5-7-16;1-19-13-4-3-9(6-14(13)20-2)10-5-11-12(16)8-18-15(11)17-7-10;1-18-13-4-3-10(8-14(13)19-2)12-7-11-5-6-16-15(11)17-9-12/h5-11,13-14,16-21H,4H2,1-3H3;3-13H,1-2H3;3-8H,1-2H3,(H,17,18);3-9H,1-2H3,(H,16,17). The molecule has 8 aromatic heterocycles. The molecule has 0 radical (unpaired) electrons. The van der Waals surface area contributed by atoms with Gasteiger partial charge in [0.25, 0.3) is 20.0 Å². The van der Waals surface area contributed by atoms with Crippen LogP contribution in [0.1, 0.15) is 28.4 Å². The number of carbonyl (C=O) groups is 1. The zero-order chi connectivity index (χ0) is 76.9. The van der Waals surface area contributed by atoms with Crippen molar-refractivity contribution < 1.29 is 64.3 Å². The molecule has 0 aliphatic carbocycles. The van der Waals surface area contributed by atoms with Gasteiger partial charge in [-0.05, 0) is 202 Å². The highest BCUT2D eigenvalue weighted by Gasteiger charge is 2.25. The monoisotopic (exact) mass is 1720 g/mol. The highest BCUT2D eigenvalue weighted by Crippen LogP contribution is 2.39. The molecule has 0 aliphatic heterocycles. The van der Waals surface area contributed by atoms with Crippen molar-refractivity contribution in [1.82, 2.24) is 37.8 Å². The molecular formula is C83H70I2N8O14S2. The number of hydrogen-bond donors (Lipinski definition) is 2. The summed E-state index contributed by atoms with van der Waals surface area (Å²) in [6.45, 7) is 2.03. The largest absolute Gasteiger partial charge is 0.493 e. The first-order chi connectivity index (χ1) is 52.8. The first kappa shape index (κ1) is 76.7. The number of aromatic amines is 2. The maximum atomic E-state index is 13.6. The Bertz CT molecular complexity index is 6120. The minimum Gasteiger partial charge on any atom is -0.493 e. The van der Waals surface area contributed by atoms with Crippen LogP contribution in [0, 0.1) is 19.0 Å². The Morgan fingerprint density at radius 2 is 0.826 bits per heavy atom. The summed E-state index contributed by atoms with van der Waals surface area (Å²) in [7, 11) is 5.15. The summed E-state index contributed by atoms with van der Waals surface area (Å²) in [5.74, 6) is 11.1. The van der Waals surface area contributed by atoms with Crippen molar-refractivity contribution in [3.05, 3.63) is 261 Å². The Kier molecular flexibility index (Phi) is 24.2. The van der Waals surface area contributed by atoms with Crippen molar-refractivity contribution in [2.24, 2.45) is 0 Å². The van der Waals surface area contributed by atoms with Crippen molar-refractivity contribution in [1.29, 1.82) is 0 Å². The molecule has 22 nitrogen and oxygen atoms in total. The Hall–Kier alpha value is -11.9. The molecule has 0 unspecified atom stereocenters. The minimum absolute atomic E-state index is 0.136. The Labute approximate surface area is 656 Å². The first-order valence-electron chi connectivity index (χ1n) is 33.4. The van der Waals surface area contributed by atoms with E-state index in [4.69, 9.17) is 42.6 Å². The Balaban J connectivity index is 0.000000142. The van der Waals surface area contributed by atoms with Crippen LogP contribution in [0.3, 0.4) is 0 Å². The van der Waals surface area contributed by atoms with E-state index in [0.717, 1.165) is 94.6 Å². The quantitative estimate of drug-likeness (QED) is 0.0459. The molecule has 0 saturated heterocycles. The second kappa shape index (κ2) is 34.3. The van der Waals surface area contributed by atoms with Crippen LogP contribution >= 0.6 is 45.2 Å². The zero-order valence-electron chi connectivity index (χ0n) is 60.2. The van der Waals surface area contributed by atoms with Gasteiger partial charge in [-0.3, -0.25) is 0 Å². The van der Waals surface area contributed by atoms with E-state index in [1.165, 1.54) is 22.3 Å². The predicted octanol–water partition coefficient (Wildman–Crippen LogP) is 17.2. The van der Waals surface area contributed by atoms with Gasteiger partial charge in [0.15, 0.2) is 57.3 Å². The third kappa shape index (κ3) is 16.8. The van der Waals surface area contributed by atoms with Crippen LogP contribution in [0.25, 0.3) is 88.6 Å². The number of H-pyrrole nitrogens is 2. The zero-order valence-corrected chi connectivity index (χ0v) is 66.1. The van der Waals surface area contributed by atoms with Gasteiger partial charge in [0.2, 0.25) is 0 Å². The topological polar surface area (TPSA) is 261 Å². The number of methoxy groups -OCH3 is 8. The molecule has 8 heterocycles. The van der Waals surface area contributed by atoms with Crippen molar-refractivity contribution >= 4 is 115 Å². The number of ether oxygens (including phenoxy) is 9. The number of pyridine rings is 4. The number of carbonyl (C=O) groups excluding carboxylic acids is 1. The van der Waals surface area contributed by atoms with Crippen LogP contribution in [0.15, 0.2) is 247 Å². The average molecular weight is 1720 g/mol. The van der Waals surface area contributed by atoms with E-state index in [0.29, 0.717) is 62.2 Å². The van der Waals surface area contributed by atoms with Gasteiger partial charge in [-0.15, -0.1) is 0 Å². The van der Waals surface area contributed by atoms with Crippen molar-refractivity contribution in [3.63, 3.8) is 0 Å². The molecule has 0 bridgehead atoms. The second-order valence-corrected chi connectivity index (χ2v) is 29.6. The van der Waals surface area contributed by atoms with Crippen LogP contribution in [-0.2, 0) is 24.8 Å². The molecule has 0 aliphatic rings. The summed E-state index contributed by atoms with van der Waals surface area (Å²) in [5.41, 5.74) is 11.5. The summed E-state index contributed by atoms with van der Waals surface area (Å²) < 4.78 is 105. The number of hydrogen-bond acceptors (Lipinski definition) is 18. The van der Waals surface area contributed by atoms with Crippen LogP contribution < -0.4 is 37.9 Å². The lowest BCUT2D eigenvalue weighted by Crippen LogP contribution is -2.12. The molecule has 26 heteroatoms. The highest BCUT2D eigenvalue weighted by molar-refractivity contribution is 14.1. The van der Waals surface area contributed by atoms with E-state index >= 15 is 0 Å². The average Bonchev–Trinajstić information content (AvgIpc) is 1.62. The maximum Gasteiger partial charge on any atom is 0.338 e. The summed E-state index contributed by atoms with van der Waals surface area (Å²) >= 11 is 4.43. The summed E-state index contributed by atoms with van der Waals surface area (Å²) in [6.07, 6.45) is 13.9. The van der Waals surface area contributed by atoms with Crippen LogP contribution in [0.2, 0.25) is 0 Å². The molecule has 2 N–H and O–H groups in total. The van der Waals surface area contributed by atoms with Gasteiger partial charge in [-0.2, -0.15) is 0 Å². The van der Waals surface area contributed by atoms with Crippen molar-refractivity contribution in [2.45, 2.75) is 16.7 Å². The van der Waals surface area contributed by atoms with Crippen LogP contribution in [-0.4, -0.2) is 124 Å². The lowest BCUT2D eigenvalue weighted by atomic mass is 10.0. The summed E-state index contributed by atoms with van der Waals surface area (Å²) in [4.78, 5) is 36.4. The van der Waals surface area contributed by atoms with Gasteiger partial charge < -0.3 is 52.6 Å². The van der Waals surface area contributed by atoms with E-state index in [9.17, 15) is 21.6 Å². The molecule has 0 saturated carbocycles. The fraction of sp³-hybridized carbons (Fsp3) is 0.120. The fourth-order valence-corrected chi connectivity index (χ4v) is 15.8. The normalized spacial score (nSPS) is 11.0. The van der Waals surface area contributed by atoms with Crippen LogP contribution in [0.4, 0.5) is 0 Å². The van der Waals surface area contributed by atoms with Gasteiger partial charge in [0.1, 0.15) is 11.3 Å². The van der Waals surface area contributed by atoms with Gasteiger partial charge in [-0.25, -0.2) is 49.5 Å². The number of esters is 1. The summed E-state index contributed by atoms with van der Waals surface area (Å²) in [6, 6.07) is 56.0. The molecule has 0 spiro atoms. The lowest BCUT2D eigenvalue weighted by molar-refractivity contribution is 0.0526. The number of nitrogens with one attached hydrogen (secondary N) is 2. The van der Waals surface area contributed by atoms with E-state index in [-0.39, 0.29) is 22.0 Å². The third-order valence-electron chi connectivity index (χ3n) is 17.3. The van der Waals surface area contributed by atoms with E-state index in [1.807, 2.05) is 110 Å². The van der Waals surface area contributed by atoms with Gasteiger partial charge in [0, 0.05) is 106 Å². The Morgan fingerprint density at radius 3 is 1.28 bits per heavy atom. The van der Waals surface area contributed by atoms with E-state index < -0.39 is 26.0 Å². The number of fused-ring (bicyclic) bond motifs is 4. The molecular weight excluding hydrogens is 1650 g/mol. The number of rotatable bonds is 18. The SMILES string of the molecule is CCOC(=O)c1ccc(C#Cc2cn(S(=O)(=O)c3ccccc3)c3ncc(-c4ccc(OC)c(OC)c4)cc23)cc1.COc1ccc(-c2cnc3[nH]cc(I)c3c2)cc1OC.COc1ccc(-c2cnc3[nH]ccc3c2)cc1OC.COc1ccc(-c2cnc3c(c2)c(I)cn3S(=O)(=O)c2ccccc2)cc1OC. The van der Waals surface area contributed by atoms with Gasteiger partial charge >= 0.3 is 5.97 Å². The second-order valence-electron chi connectivity index (χ2n) is 23.7. The molecule has 552 valence electrons. The fourth-order valence-electron chi connectivity index (χ4n) is 11.6. The lowest BCUT2D eigenvalue weighted by Gasteiger charge is -2.10. The highest BCUT2D eigenvalue weighted by atomic mass is 127. The van der Waals surface area contributed by atoms with Gasteiger partial charge in [-0.1, -0.05) is 72.5 Å². The molecule has 109 heavy (non-hydrogen) atoms. The minimum atomic E-state index is -3.95. The smallest absolute Gasteiger partial charge is 0.338 e. The first-order valence-corrected chi connectivity index (χ1v) is 38.4. The molecule has 0 fully saturated rings. The molecule has 15 rings (SSSR count). The predicted molar refractivity (Wildman–Crippen MR) is 438 cm³/mol.